The molecular formula is C23H37N5O4S. The van der Waals surface area contributed by atoms with Gasteiger partial charge in [-0.25, -0.2) is 0 Å². The molecule has 3 aliphatic heterocycles. The first-order valence-electron chi connectivity index (χ1n) is 12.0. The van der Waals surface area contributed by atoms with Crippen LogP contribution >= 0.6 is 0 Å². The zero-order valence-corrected chi connectivity index (χ0v) is 20.8. The average molecular weight is 480 g/mol. The summed E-state index contributed by atoms with van der Waals surface area (Å²) < 4.78 is 34.8. The van der Waals surface area contributed by atoms with Crippen LogP contribution in [-0.2, 0) is 19.7 Å². The van der Waals surface area contributed by atoms with Gasteiger partial charge in [-0.3, -0.25) is 9.69 Å². The number of carbonyl (C=O) groups excluding carboxylic acids is 1. The predicted molar refractivity (Wildman–Crippen MR) is 130 cm³/mol. The van der Waals surface area contributed by atoms with Crippen LogP contribution in [0.3, 0.4) is 0 Å². The summed E-state index contributed by atoms with van der Waals surface area (Å²) in [4.78, 5) is 17.0. The van der Waals surface area contributed by atoms with Crippen LogP contribution in [0, 0.1) is 6.92 Å². The summed E-state index contributed by atoms with van der Waals surface area (Å²) in [6.45, 7) is 10.9. The van der Waals surface area contributed by atoms with Gasteiger partial charge in [-0.1, -0.05) is 0 Å². The number of ether oxygens (including phenoxy) is 1. The smallest absolute Gasteiger partial charge is 0.282 e. The SMILES string of the molecule is Cc1cc(N2CCCC2)ccc1NC(=O)CN1CCN(S(=O)(=O)N2CC(C)OC(C)C2)CC1. The fraction of sp³-hybridized carbons (Fsp3) is 0.696. The number of nitrogens with zero attached hydrogens (tertiary/aromatic N) is 4. The summed E-state index contributed by atoms with van der Waals surface area (Å²) in [7, 11) is -3.51. The molecule has 3 aliphatic rings. The zero-order valence-electron chi connectivity index (χ0n) is 20.0. The maximum absolute atomic E-state index is 13.1. The van der Waals surface area contributed by atoms with Gasteiger partial charge >= 0.3 is 0 Å². The lowest BCUT2D eigenvalue weighted by Gasteiger charge is -2.40. The number of hydrogen-bond donors (Lipinski definition) is 1. The van der Waals surface area contributed by atoms with Gasteiger partial charge in [0.1, 0.15) is 0 Å². The number of nitrogens with one attached hydrogen (secondary N) is 1. The van der Waals surface area contributed by atoms with Crippen LogP contribution < -0.4 is 10.2 Å². The molecule has 1 aromatic carbocycles. The van der Waals surface area contributed by atoms with Gasteiger partial charge in [0.2, 0.25) is 5.91 Å². The van der Waals surface area contributed by atoms with Crippen LogP contribution in [0.15, 0.2) is 18.2 Å². The number of anilines is 2. The van der Waals surface area contributed by atoms with E-state index in [0.29, 0.717) is 39.3 Å². The Kier molecular flexibility index (Phi) is 7.59. The third-order valence-corrected chi connectivity index (χ3v) is 8.66. The molecule has 0 aliphatic carbocycles. The fourth-order valence-corrected chi connectivity index (χ4v) is 6.70. The van der Waals surface area contributed by atoms with Crippen LogP contribution in [0.1, 0.15) is 32.3 Å². The Balaban J connectivity index is 1.27. The van der Waals surface area contributed by atoms with Crippen molar-refractivity contribution in [1.82, 2.24) is 13.5 Å². The van der Waals surface area contributed by atoms with E-state index in [1.807, 2.05) is 31.7 Å². The van der Waals surface area contributed by atoms with E-state index in [-0.39, 0.29) is 24.7 Å². The van der Waals surface area contributed by atoms with E-state index in [1.165, 1.54) is 27.1 Å². The molecule has 0 aromatic heterocycles. The van der Waals surface area contributed by atoms with Crippen molar-refractivity contribution in [2.24, 2.45) is 0 Å². The molecule has 3 fully saturated rings. The highest BCUT2D eigenvalue weighted by atomic mass is 32.2. The molecule has 2 atom stereocenters. The summed E-state index contributed by atoms with van der Waals surface area (Å²) in [5.41, 5.74) is 3.10. The zero-order chi connectivity index (χ0) is 23.6. The second-order valence-corrected chi connectivity index (χ2v) is 11.4. The summed E-state index contributed by atoms with van der Waals surface area (Å²) in [6, 6.07) is 6.19. The first kappa shape index (κ1) is 24.4. The number of amides is 1. The predicted octanol–water partition coefficient (Wildman–Crippen LogP) is 1.51. The van der Waals surface area contributed by atoms with E-state index in [0.717, 1.165) is 24.3 Å². The summed E-state index contributed by atoms with van der Waals surface area (Å²) in [6.07, 6.45) is 2.25. The standard InChI is InChI=1S/C23H37N5O4S/c1-18-14-21(26-8-4-5-9-26)6-7-22(18)24-23(29)17-25-10-12-27(13-11-25)33(30,31)28-15-19(2)32-20(3)16-28/h6-7,14,19-20H,4-5,8-13,15-17H2,1-3H3,(H,24,29). The Morgan fingerprint density at radius 1 is 1.00 bits per heavy atom. The molecule has 9 nitrogen and oxygen atoms in total. The molecule has 0 saturated carbocycles. The van der Waals surface area contributed by atoms with Gasteiger partial charge in [-0.15, -0.1) is 0 Å². The molecule has 1 aromatic rings. The number of hydrogen-bond acceptors (Lipinski definition) is 6. The number of piperazine rings is 1. The highest BCUT2D eigenvalue weighted by Crippen LogP contribution is 2.25. The lowest BCUT2D eigenvalue weighted by molar-refractivity contribution is -0.117. The largest absolute Gasteiger partial charge is 0.373 e. The van der Waals surface area contributed by atoms with Crippen LogP contribution in [0.4, 0.5) is 11.4 Å². The Morgan fingerprint density at radius 3 is 2.24 bits per heavy atom. The molecule has 184 valence electrons. The Bertz CT molecular complexity index is 932. The van der Waals surface area contributed by atoms with Gasteiger partial charge in [-0.05, 0) is 57.4 Å². The van der Waals surface area contributed by atoms with Crippen molar-refractivity contribution in [3.05, 3.63) is 23.8 Å². The molecule has 10 heteroatoms. The Labute approximate surface area is 197 Å². The molecular weight excluding hydrogens is 442 g/mol. The molecule has 33 heavy (non-hydrogen) atoms. The van der Waals surface area contributed by atoms with Crippen LogP contribution in [-0.4, -0.2) is 98.9 Å². The molecule has 2 unspecified atom stereocenters. The number of benzene rings is 1. The van der Waals surface area contributed by atoms with Gasteiger partial charge in [0, 0.05) is 63.7 Å². The minimum absolute atomic E-state index is 0.0702. The molecule has 4 rings (SSSR count). The van der Waals surface area contributed by atoms with Crippen molar-refractivity contribution in [2.45, 2.75) is 45.8 Å². The minimum atomic E-state index is -3.51. The Hall–Kier alpha value is -1.72. The quantitative estimate of drug-likeness (QED) is 0.666. The lowest BCUT2D eigenvalue weighted by Crippen LogP contribution is -2.57. The van der Waals surface area contributed by atoms with Crippen LogP contribution in [0.25, 0.3) is 0 Å². The highest BCUT2D eigenvalue weighted by Gasteiger charge is 2.36. The van der Waals surface area contributed by atoms with E-state index in [4.69, 9.17) is 4.74 Å². The number of morpholine rings is 1. The molecule has 0 radical (unpaired) electrons. The van der Waals surface area contributed by atoms with Crippen molar-refractivity contribution in [2.75, 3.05) is 69.1 Å². The van der Waals surface area contributed by atoms with E-state index in [9.17, 15) is 13.2 Å². The third kappa shape index (κ3) is 5.86. The molecule has 1 N–H and O–H groups in total. The molecule has 3 saturated heterocycles. The second-order valence-electron chi connectivity index (χ2n) is 9.50. The highest BCUT2D eigenvalue weighted by molar-refractivity contribution is 7.86. The normalized spacial score (nSPS) is 26.0. The molecule has 1 amide bonds. The minimum Gasteiger partial charge on any atom is -0.373 e. The first-order valence-corrected chi connectivity index (χ1v) is 13.4. The first-order chi connectivity index (χ1) is 15.7. The molecule has 3 heterocycles. The summed E-state index contributed by atoms with van der Waals surface area (Å²) in [5, 5.41) is 3.03. The van der Waals surface area contributed by atoms with Crippen LogP contribution in [0.2, 0.25) is 0 Å². The third-order valence-electron chi connectivity index (χ3n) is 6.69. The Morgan fingerprint density at radius 2 is 1.64 bits per heavy atom. The van der Waals surface area contributed by atoms with Crippen molar-refractivity contribution < 1.29 is 17.9 Å². The van der Waals surface area contributed by atoms with Gasteiger partial charge < -0.3 is 15.0 Å². The lowest BCUT2D eigenvalue weighted by atomic mass is 10.1. The van der Waals surface area contributed by atoms with Crippen molar-refractivity contribution >= 4 is 27.5 Å². The summed E-state index contributed by atoms with van der Waals surface area (Å²) >= 11 is 0. The monoisotopic (exact) mass is 479 g/mol. The van der Waals surface area contributed by atoms with Gasteiger partial charge in [0.25, 0.3) is 10.2 Å². The van der Waals surface area contributed by atoms with E-state index < -0.39 is 10.2 Å². The van der Waals surface area contributed by atoms with Crippen molar-refractivity contribution in [3.63, 3.8) is 0 Å². The summed E-state index contributed by atoms with van der Waals surface area (Å²) in [5.74, 6) is -0.0702. The number of aryl methyl sites for hydroxylation is 1. The number of rotatable bonds is 6. The maximum Gasteiger partial charge on any atom is 0.282 e. The van der Waals surface area contributed by atoms with Crippen molar-refractivity contribution in [1.29, 1.82) is 0 Å². The van der Waals surface area contributed by atoms with Crippen molar-refractivity contribution in [3.8, 4) is 0 Å². The topological polar surface area (TPSA) is 85.4 Å². The fourth-order valence-electron chi connectivity index (χ4n) is 4.95. The second kappa shape index (κ2) is 10.3. The molecule has 0 bridgehead atoms. The van der Waals surface area contributed by atoms with E-state index in [2.05, 4.69) is 22.3 Å². The number of carbonyl (C=O) groups is 1. The van der Waals surface area contributed by atoms with Gasteiger partial charge in [0.15, 0.2) is 0 Å². The maximum atomic E-state index is 13.1. The van der Waals surface area contributed by atoms with E-state index >= 15 is 0 Å². The van der Waals surface area contributed by atoms with Crippen LogP contribution in [0.5, 0.6) is 0 Å². The average Bonchev–Trinajstić information content (AvgIpc) is 3.30. The van der Waals surface area contributed by atoms with Gasteiger partial charge in [0.05, 0.1) is 18.8 Å². The molecule has 0 spiro atoms. The van der Waals surface area contributed by atoms with Gasteiger partial charge in [-0.2, -0.15) is 17.0 Å². The van der Waals surface area contributed by atoms with E-state index in [1.54, 1.807) is 0 Å².